The van der Waals surface area contributed by atoms with Gasteiger partial charge in [0.2, 0.25) is 0 Å². The maximum Gasteiger partial charge on any atom is 0.319 e. The van der Waals surface area contributed by atoms with Crippen LogP contribution >= 0.6 is 11.8 Å². The standard InChI is InChI=1S/C14H15N3O2S/c1-9-4-3-5-11(8-9)17-10(2)15-16-14(17)20-12-6-7-19-13(12)18/h3-5,8,12H,6-7H2,1-2H3/t12-/m1/s1. The number of ether oxygens (including phenoxy) is 1. The van der Waals surface area contributed by atoms with Gasteiger partial charge in [-0.2, -0.15) is 0 Å². The van der Waals surface area contributed by atoms with Crippen LogP contribution in [-0.4, -0.2) is 32.6 Å². The van der Waals surface area contributed by atoms with Crippen molar-refractivity contribution < 1.29 is 9.53 Å². The number of aryl methyl sites for hydroxylation is 2. The van der Waals surface area contributed by atoms with Crippen LogP contribution in [0, 0.1) is 13.8 Å². The predicted octanol–water partition coefficient (Wildman–Crippen LogP) is 2.29. The average Bonchev–Trinajstić information content (AvgIpc) is 2.97. The van der Waals surface area contributed by atoms with E-state index in [4.69, 9.17) is 4.74 Å². The van der Waals surface area contributed by atoms with Crippen molar-refractivity contribution in [2.45, 2.75) is 30.7 Å². The molecule has 1 aromatic carbocycles. The third-order valence-electron chi connectivity index (χ3n) is 3.19. The van der Waals surface area contributed by atoms with Gasteiger partial charge in [0, 0.05) is 12.1 Å². The minimum Gasteiger partial charge on any atom is -0.465 e. The van der Waals surface area contributed by atoms with Crippen molar-refractivity contribution in [3.05, 3.63) is 35.7 Å². The predicted molar refractivity (Wildman–Crippen MR) is 76.1 cm³/mol. The molecule has 1 fully saturated rings. The Morgan fingerprint density at radius 3 is 2.90 bits per heavy atom. The number of nitrogens with zero attached hydrogens (tertiary/aromatic N) is 3. The van der Waals surface area contributed by atoms with E-state index in [-0.39, 0.29) is 11.2 Å². The normalized spacial score (nSPS) is 18.3. The average molecular weight is 289 g/mol. The fraction of sp³-hybridized carbons (Fsp3) is 0.357. The lowest BCUT2D eigenvalue weighted by atomic mass is 10.2. The molecule has 6 heteroatoms. The van der Waals surface area contributed by atoms with Gasteiger partial charge < -0.3 is 4.74 Å². The highest BCUT2D eigenvalue weighted by molar-refractivity contribution is 8.00. The lowest BCUT2D eigenvalue weighted by Gasteiger charge is -2.10. The van der Waals surface area contributed by atoms with Crippen LogP contribution in [0.3, 0.4) is 0 Å². The molecule has 0 saturated carbocycles. The number of esters is 1. The molecule has 0 aliphatic carbocycles. The maximum absolute atomic E-state index is 11.6. The van der Waals surface area contributed by atoms with Crippen LogP contribution in [0.25, 0.3) is 5.69 Å². The van der Waals surface area contributed by atoms with Crippen molar-refractivity contribution >= 4 is 17.7 Å². The summed E-state index contributed by atoms with van der Waals surface area (Å²) in [7, 11) is 0. The molecular weight excluding hydrogens is 274 g/mol. The van der Waals surface area contributed by atoms with Gasteiger partial charge in [-0.25, -0.2) is 0 Å². The van der Waals surface area contributed by atoms with Gasteiger partial charge >= 0.3 is 5.97 Å². The highest BCUT2D eigenvalue weighted by Crippen LogP contribution is 2.30. The molecule has 1 aromatic heterocycles. The Bertz CT molecular complexity index is 654. The summed E-state index contributed by atoms with van der Waals surface area (Å²) in [6.07, 6.45) is 0.725. The van der Waals surface area contributed by atoms with E-state index in [2.05, 4.69) is 16.3 Å². The molecule has 2 heterocycles. The number of thioether (sulfide) groups is 1. The molecule has 1 saturated heterocycles. The minimum atomic E-state index is -0.179. The summed E-state index contributed by atoms with van der Waals surface area (Å²) in [4.78, 5) is 11.6. The topological polar surface area (TPSA) is 57.0 Å². The molecule has 5 nitrogen and oxygen atoms in total. The number of cyclic esters (lactones) is 1. The fourth-order valence-corrected chi connectivity index (χ4v) is 3.26. The van der Waals surface area contributed by atoms with E-state index in [1.807, 2.05) is 36.6 Å². The van der Waals surface area contributed by atoms with Crippen LogP contribution in [0.5, 0.6) is 0 Å². The molecular formula is C14H15N3O2S. The summed E-state index contributed by atoms with van der Waals surface area (Å²) in [5, 5.41) is 8.87. The van der Waals surface area contributed by atoms with E-state index in [1.165, 1.54) is 17.3 Å². The Labute approximate surface area is 121 Å². The van der Waals surface area contributed by atoms with E-state index in [9.17, 15) is 4.79 Å². The van der Waals surface area contributed by atoms with Crippen LogP contribution in [0.1, 0.15) is 17.8 Å². The van der Waals surface area contributed by atoms with Crippen LogP contribution in [0.4, 0.5) is 0 Å². The zero-order valence-corrected chi connectivity index (χ0v) is 12.2. The molecule has 2 aromatic rings. The first-order chi connectivity index (χ1) is 9.65. The third kappa shape index (κ3) is 2.43. The van der Waals surface area contributed by atoms with Gasteiger partial charge in [0.1, 0.15) is 11.1 Å². The minimum absolute atomic E-state index is 0.161. The molecule has 0 unspecified atom stereocenters. The largest absolute Gasteiger partial charge is 0.465 e. The third-order valence-corrected chi connectivity index (χ3v) is 4.38. The van der Waals surface area contributed by atoms with Crippen molar-refractivity contribution in [3.63, 3.8) is 0 Å². The number of carbonyl (C=O) groups excluding carboxylic acids is 1. The first-order valence-electron chi connectivity index (χ1n) is 6.47. The molecule has 0 N–H and O–H groups in total. The van der Waals surface area contributed by atoms with Crippen molar-refractivity contribution in [2.24, 2.45) is 0 Å². The molecule has 1 atom stereocenters. The van der Waals surface area contributed by atoms with Gasteiger partial charge in [-0.15, -0.1) is 10.2 Å². The number of carbonyl (C=O) groups is 1. The number of rotatable bonds is 3. The Balaban J connectivity index is 1.95. The summed E-state index contributed by atoms with van der Waals surface area (Å²) in [5.74, 6) is 0.649. The van der Waals surface area contributed by atoms with Crippen LogP contribution in [0.15, 0.2) is 29.4 Å². The second-order valence-corrected chi connectivity index (χ2v) is 5.94. The highest BCUT2D eigenvalue weighted by Gasteiger charge is 2.29. The van der Waals surface area contributed by atoms with Crippen molar-refractivity contribution in [1.82, 2.24) is 14.8 Å². The summed E-state index contributed by atoms with van der Waals surface area (Å²) in [5.41, 5.74) is 2.19. The zero-order valence-electron chi connectivity index (χ0n) is 11.4. The Morgan fingerprint density at radius 1 is 1.35 bits per heavy atom. The molecule has 0 bridgehead atoms. The molecule has 0 radical (unpaired) electrons. The lowest BCUT2D eigenvalue weighted by molar-refractivity contribution is -0.137. The van der Waals surface area contributed by atoms with Crippen molar-refractivity contribution in [2.75, 3.05) is 6.61 Å². The zero-order chi connectivity index (χ0) is 14.1. The van der Waals surface area contributed by atoms with Crippen LogP contribution in [-0.2, 0) is 9.53 Å². The first-order valence-corrected chi connectivity index (χ1v) is 7.35. The van der Waals surface area contributed by atoms with Crippen molar-refractivity contribution in [1.29, 1.82) is 0 Å². The lowest BCUT2D eigenvalue weighted by Crippen LogP contribution is -2.11. The van der Waals surface area contributed by atoms with Gasteiger partial charge in [-0.1, -0.05) is 23.9 Å². The van der Waals surface area contributed by atoms with Crippen LogP contribution in [0.2, 0.25) is 0 Å². The van der Waals surface area contributed by atoms with E-state index in [0.29, 0.717) is 6.61 Å². The number of hydrogen-bond donors (Lipinski definition) is 0. The van der Waals surface area contributed by atoms with Gasteiger partial charge in [0.05, 0.1) is 6.61 Å². The van der Waals surface area contributed by atoms with E-state index in [0.717, 1.165) is 23.1 Å². The maximum atomic E-state index is 11.6. The number of benzene rings is 1. The molecule has 3 rings (SSSR count). The van der Waals surface area contributed by atoms with Gasteiger partial charge in [-0.05, 0) is 31.5 Å². The molecule has 20 heavy (non-hydrogen) atoms. The summed E-state index contributed by atoms with van der Waals surface area (Å²) in [6, 6.07) is 8.14. The molecule has 0 amide bonds. The molecule has 0 spiro atoms. The van der Waals surface area contributed by atoms with Crippen molar-refractivity contribution in [3.8, 4) is 5.69 Å². The quantitative estimate of drug-likeness (QED) is 0.811. The monoisotopic (exact) mass is 289 g/mol. The number of hydrogen-bond acceptors (Lipinski definition) is 5. The Hall–Kier alpha value is -1.82. The smallest absolute Gasteiger partial charge is 0.319 e. The van der Waals surface area contributed by atoms with E-state index >= 15 is 0 Å². The van der Waals surface area contributed by atoms with Gasteiger partial charge in [0.25, 0.3) is 0 Å². The second kappa shape index (κ2) is 5.28. The Morgan fingerprint density at radius 2 is 2.20 bits per heavy atom. The molecule has 1 aliphatic heterocycles. The van der Waals surface area contributed by atoms with Crippen LogP contribution < -0.4 is 0 Å². The van der Waals surface area contributed by atoms with Gasteiger partial charge in [-0.3, -0.25) is 9.36 Å². The SMILES string of the molecule is Cc1cccc(-n2c(C)nnc2S[C@@H]2CCOC2=O)c1. The molecule has 104 valence electrons. The Kier molecular flexibility index (Phi) is 3.48. The summed E-state index contributed by atoms with van der Waals surface area (Å²) < 4.78 is 6.97. The summed E-state index contributed by atoms with van der Waals surface area (Å²) in [6.45, 7) is 4.45. The van der Waals surface area contributed by atoms with Gasteiger partial charge in [0.15, 0.2) is 5.16 Å². The first kappa shape index (κ1) is 13.2. The second-order valence-electron chi connectivity index (χ2n) is 4.77. The molecule has 1 aliphatic rings. The van der Waals surface area contributed by atoms with E-state index in [1.54, 1.807) is 0 Å². The fourth-order valence-electron chi connectivity index (χ4n) is 2.20. The number of aromatic nitrogens is 3. The van der Waals surface area contributed by atoms with E-state index < -0.39 is 0 Å². The highest BCUT2D eigenvalue weighted by atomic mass is 32.2. The summed E-state index contributed by atoms with van der Waals surface area (Å²) >= 11 is 1.42.